The Balaban J connectivity index is 1.38. The Hall–Kier alpha value is -2.18. The van der Waals surface area contributed by atoms with Crippen LogP contribution in [0.15, 0.2) is 18.5 Å². The summed E-state index contributed by atoms with van der Waals surface area (Å²) in [6.07, 6.45) is 6.95. The van der Waals surface area contributed by atoms with Gasteiger partial charge in [-0.15, -0.1) is 0 Å². The van der Waals surface area contributed by atoms with E-state index in [1.165, 1.54) is 0 Å². The number of hydrogen-bond donors (Lipinski definition) is 1. The number of amides is 1. The van der Waals surface area contributed by atoms with Gasteiger partial charge in [0.1, 0.15) is 6.61 Å². The van der Waals surface area contributed by atoms with Gasteiger partial charge in [0.05, 0.1) is 12.5 Å². The normalized spacial score (nSPS) is 20.9. The molecule has 124 valence electrons. The van der Waals surface area contributed by atoms with Crippen LogP contribution < -0.4 is 5.32 Å². The number of piperidine rings is 1. The first-order chi connectivity index (χ1) is 11.2. The van der Waals surface area contributed by atoms with Crippen molar-refractivity contribution in [2.45, 2.75) is 25.7 Å². The van der Waals surface area contributed by atoms with Crippen molar-refractivity contribution >= 4 is 17.8 Å². The first kappa shape index (κ1) is 15.7. The number of aromatic nitrogens is 2. The Morgan fingerprint density at radius 3 is 2.74 bits per heavy atom. The second-order valence-electron chi connectivity index (χ2n) is 6.06. The molecule has 1 saturated carbocycles. The number of nitrogens with one attached hydrogen (secondary N) is 1. The van der Waals surface area contributed by atoms with E-state index >= 15 is 0 Å². The minimum atomic E-state index is -0.214. The lowest BCUT2D eigenvalue weighted by Gasteiger charge is -2.31. The predicted octanol–water partition coefficient (Wildman–Crippen LogP) is 1.08. The van der Waals surface area contributed by atoms with E-state index in [0.717, 1.165) is 32.2 Å². The molecule has 3 rings (SSSR count). The van der Waals surface area contributed by atoms with Gasteiger partial charge in [0, 0.05) is 31.4 Å². The largest absolute Gasteiger partial charge is 0.464 e. The average molecular weight is 318 g/mol. The number of anilines is 1. The molecule has 2 fully saturated rings. The van der Waals surface area contributed by atoms with Gasteiger partial charge in [-0.05, 0) is 31.7 Å². The molecule has 1 saturated heterocycles. The summed E-state index contributed by atoms with van der Waals surface area (Å²) < 4.78 is 5.31. The minimum absolute atomic E-state index is 0.195. The quantitative estimate of drug-likeness (QED) is 0.624. The maximum absolute atomic E-state index is 12.1. The fourth-order valence-corrected chi connectivity index (χ4v) is 2.78. The van der Waals surface area contributed by atoms with Crippen molar-refractivity contribution in [2.75, 3.05) is 31.6 Å². The summed E-state index contributed by atoms with van der Waals surface area (Å²) in [5, 5.41) is 2.99. The van der Waals surface area contributed by atoms with Crippen LogP contribution >= 0.6 is 0 Å². The van der Waals surface area contributed by atoms with Gasteiger partial charge in [-0.25, -0.2) is 9.97 Å². The number of carbonyl (C=O) groups is 2. The molecule has 0 aromatic carbocycles. The third kappa shape index (κ3) is 4.40. The van der Waals surface area contributed by atoms with Crippen LogP contribution in [-0.2, 0) is 14.3 Å². The maximum Gasteiger partial charge on any atom is 0.310 e. The Morgan fingerprint density at radius 1 is 1.22 bits per heavy atom. The molecule has 2 aliphatic rings. The average Bonchev–Trinajstić information content (AvgIpc) is 3.44. The van der Waals surface area contributed by atoms with Gasteiger partial charge in [-0.1, -0.05) is 0 Å². The van der Waals surface area contributed by atoms with Crippen LogP contribution in [0.5, 0.6) is 0 Å². The van der Waals surface area contributed by atoms with Gasteiger partial charge < -0.3 is 15.0 Å². The van der Waals surface area contributed by atoms with Crippen molar-refractivity contribution in [1.82, 2.24) is 14.9 Å². The maximum atomic E-state index is 12.1. The van der Waals surface area contributed by atoms with Crippen LogP contribution in [0.2, 0.25) is 0 Å². The first-order valence-electron chi connectivity index (χ1n) is 8.20. The van der Waals surface area contributed by atoms with Crippen molar-refractivity contribution in [3.05, 3.63) is 18.5 Å². The van der Waals surface area contributed by atoms with Crippen molar-refractivity contribution in [3.8, 4) is 0 Å². The standard InChI is InChI=1S/C16H22N4O3/c21-14(12-4-5-12)20-9-1-3-13(11-20)15(22)23-10-8-19-16-17-6-2-7-18-16/h2,6-7,12-13H,1,3-5,8-11H2,(H,17,18,19). The minimum Gasteiger partial charge on any atom is -0.464 e. The number of esters is 1. The van der Waals surface area contributed by atoms with E-state index in [0.29, 0.717) is 19.0 Å². The summed E-state index contributed by atoms with van der Waals surface area (Å²) in [6, 6.07) is 1.74. The van der Waals surface area contributed by atoms with Crippen molar-refractivity contribution in [1.29, 1.82) is 0 Å². The molecule has 23 heavy (non-hydrogen) atoms. The SMILES string of the molecule is O=C(OCCNc1ncccn1)C1CCCN(C(=O)C2CC2)C1. The molecule has 1 N–H and O–H groups in total. The topological polar surface area (TPSA) is 84.4 Å². The zero-order chi connectivity index (χ0) is 16.1. The molecule has 1 unspecified atom stereocenters. The van der Waals surface area contributed by atoms with Gasteiger partial charge in [-0.2, -0.15) is 0 Å². The van der Waals surface area contributed by atoms with E-state index < -0.39 is 0 Å². The Kier molecular flexibility index (Phi) is 5.05. The number of hydrogen-bond acceptors (Lipinski definition) is 6. The lowest BCUT2D eigenvalue weighted by Crippen LogP contribution is -2.43. The molecule has 7 heteroatoms. The van der Waals surface area contributed by atoms with Gasteiger partial charge >= 0.3 is 5.97 Å². The number of nitrogens with zero attached hydrogens (tertiary/aromatic N) is 3. The number of likely N-dealkylation sites (tertiary alicyclic amines) is 1. The Morgan fingerprint density at radius 2 is 2.00 bits per heavy atom. The third-order valence-corrected chi connectivity index (χ3v) is 4.19. The molecule has 0 radical (unpaired) electrons. The van der Waals surface area contributed by atoms with Crippen molar-refractivity contribution < 1.29 is 14.3 Å². The molecule has 2 heterocycles. The van der Waals surface area contributed by atoms with Gasteiger partial charge in [-0.3, -0.25) is 9.59 Å². The Labute approximate surface area is 135 Å². The van der Waals surface area contributed by atoms with E-state index in [1.807, 2.05) is 4.90 Å². The molecular formula is C16H22N4O3. The third-order valence-electron chi connectivity index (χ3n) is 4.19. The molecular weight excluding hydrogens is 296 g/mol. The highest BCUT2D eigenvalue weighted by atomic mass is 16.5. The summed E-state index contributed by atoms with van der Waals surface area (Å²) in [7, 11) is 0. The summed E-state index contributed by atoms with van der Waals surface area (Å²) in [4.78, 5) is 34.1. The highest BCUT2D eigenvalue weighted by Gasteiger charge is 2.37. The molecule has 1 amide bonds. The molecule has 0 spiro atoms. The lowest BCUT2D eigenvalue weighted by molar-refractivity contribution is -0.151. The van der Waals surface area contributed by atoms with Crippen LogP contribution in [0.1, 0.15) is 25.7 Å². The van der Waals surface area contributed by atoms with Gasteiger partial charge in [0.2, 0.25) is 11.9 Å². The van der Waals surface area contributed by atoms with Crippen molar-refractivity contribution in [3.63, 3.8) is 0 Å². The molecule has 1 aromatic rings. The molecule has 0 bridgehead atoms. The van der Waals surface area contributed by atoms with Crippen LogP contribution in [0, 0.1) is 11.8 Å². The molecule has 7 nitrogen and oxygen atoms in total. The smallest absolute Gasteiger partial charge is 0.310 e. The number of carbonyl (C=O) groups excluding carboxylic acids is 2. The molecule has 1 aliphatic heterocycles. The van der Waals surface area contributed by atoms with E-state index in [1.54, 1.807) is 18.5 Å². The second kappa shape index (κ2) is 7.39. The second-order valence-corrected chi connectivity index (χ2v) is 6.06. The summed E-state index contributed by atoms with van der Waals surface area (Å²) >= 11 is 0. The lowest BCUT2D eigenvalue weighted by atomic mass is 9.98. The van der Waals surface area contributed by atoms with E-state index in [2.05, 4.69) is 15.3 Å². The zero-order valence-electron chi connectivity index (χ0n) is 13.1. The molecule has 1 aromatic heterocycles. The van der Waals surface area contributed by atoms with Crippen LogP contribution in [0.4, 0.5) is 5.95 Å². The predicted molar refractivity (Wildman–Crippen MR) is 83.5 cm³/mol. The van der Waals surface area contributed by atoms with Crippen LogP contribution in [-0.4, -0.2) is 53.0 Å². The van der Waals surface area contributed by atoms with E-state index in [-0.39, 0.29) is 30.3 Å². The monoisotopic (exact) mass is 318 g/mol. The van der Waals surface area contributed by atoms with Gasteiger partial charge in [0.25, 0.3) is 0 Å². The number of rotatable bonds is 6. The van der Waals surface area contributed by atoms with Crippen LogP contribution in [0.25, 0.3) is 0 Å². The molecule has 1 aliphatic carbocycles. The highest BCUT2D eigenvalue weighted by Crippen LogP contribution is 2.32. The van der Waals surface area contributed by atoms with Crippen LogP contribution in [0.3, 0.4) is 0 Å². The summed E-state index contributed by atoms with van der Waals surface area (Å²) in [5.74, 6) is 0.529. The number of ether oxygens (including phenoxy) is 1. The zero-order valence-corrected chi connectivity index (χ0v) is 13.1. The highest BCUT2D eigenvalue weighted by molar-refractivity contribution is 5.82. The summed E-state index contributed by atoms with van der Waals surface area (Å²) in [5.41, 5.74) is 0. The van der Waals surface area contributed by atoms with Gasteiger partial charge in [0.15, 0.2) is 0 Å². The fraction of sp³-hybridized carbons (Fsp3) is 0.625. The first-order valence-corrected chi connectivity index (χ1v) is 8.20. The Bertz CT molecular complexity index is 548. The summed E-state index contributed by atoms with van der Waals surface area (Å²) in [6.45, 7) is 2.01. The van der Waals surface area contributed by atoms with Crippen molar-refractivity contribution in [2.24, 2.45) is 11.8 Å². The van der Waals surface area contributed by atoms with E-state index in [4.69, 9.17) is 4.74 Å². The molecule has 1 atom stereocenters. The van der Waals surface area contributed by atoms with E-state index in [9.17, 15) is 9.59 Å². The fourth-order valence-electron chi connectivity index (χ4n) is 2.78.